The zero-order valence-electron chi connectivity index (χ0n) is 24.3. The summed E-state index contributed by atoms with van der Waals surface area (Å²) in [6.45, 7) is 3.14. The molecule has 0 spiro atoms. The minimum Gasteiger partial charge on any atom is -0.480 e. The quantitative estimate of drug-likeness (QED) is 0.181. The van der Waals surface area contributed by atoms with Gasteiger partial charge >= 0.3 is 5.97 Å². The summed E-state index contributed by atoms with van der Waals surface area (Å²) in [5.74, 6) is -3.05. The van der Waals surface area contributed by atoms with E-state index in [1.54, 1.807) is 44.2 Å². The molecule has 1 heterocycles. The number of aliphatic carboxylic acids is 1. The molecule has 1 amide bonds. The fraction of sp³-hybridized carbons (Fsp3) is 0.188. The Morgan fingerprint density at radius 2 is 1.58 bits per heavy atom. The van der Waals surface area contributed by atoms with Crippen LogP contribution < -0.4 is 14.8 Å². The molecule has 5 rings (SSSR count). The monoisotopic (exact) mass is 649 g/mol. The zero-order valence-corrected chi connectivity index (χ0v) is 25.9. The second kappa shape index (κ2) is 12.3. The lowest BCUT2D eigenvalue weighted by Crippen LogP contribution is -2.60. The number of carboxylic acid groups (broad SMARTS) is 1. The van der Waals surface area contributed by atoms with E-state index in [0.717, 1.165) is 11.1 Å². The third-order valence-electron chi connectivity index (χ3n) is 7.33. The molecule has 234 valence electrons. The van der Waals surface area contributed by atoms with Gasteiger partial charge in [0.05, 0.1) is 4.90 Å². The summed E-state index contributed by atoms with van der Waals surface area (Å²) in [6, 6.07) is 21.4. The van der Waals surface area contributed by atoms with Gasteiger partial charge in [-0.25, -0.2) is 16.8 Å². The minimum atomic E-state index is -4.54. The molecule has 0 saturated carbocycles. The van der Waals surface area contributed by atoms with Crippen LogP contribution in [0, 0.1) is 5.92 Å². The minimum absolute atomic E-state index is 0.0742. The highest BCUT2D eigenvalue weighted by atomic mass is 32.2. The van der Waals surface area contributed by atoms with Crippen molar-refractivity contribution >= 4 is 54.2 Å². The number of amides is 1. The number of nitrogens with one attached hydrogen (secondary N) is 3. The van der Waals surface area contributed by atoms with Crippen LogP contribution in [0.2, 0.25) is 0 Å². The highest BCUT2D eigenvalue weighted by Crippen LogP contribution is 2.32. The van der Waals surface area contributed by atoms with Gasteiger partial charge in [0.25, 0.3) is 15.9 Å². The van der Waals surface area contributed by atoms with Gasteiger partial charge in [0, 0.05) is 17.5 Å². The van der Waals surface area contributed by atoms with Crippen LogP contribution in [-0.4, -0.2) is 44.7 Å². The topological polar surface area (TPSA) is 172 Å². The number of carboxylic acids is 1. The summed E-state index contributed by atoms with van der Waals surface area (Å²) < 4.78 is 63.7. The largest absolute Gasteiger partial charge is 0.480 e. The molecule has 4 aromatic rings. The number of anilines is 1. The Kier molecular flexibility index (Phi) is 8.70. The van der Waals surface area contributed by atoms with Crippen LogP contribution in [0.25, 0.3) is 16.5 Å². The molecule has 2 atom stereocenters. The van der Waals surface area contributed by atoms with E-state index in [-0.39, 0.29) is 28.3 Å². The second-order valence-electron chi connectivity index (χ2n) is 10.9. The Labute approximate surface area is 260 Å². The molecule has 1 unspecified atom stereocenters. The van der Waals surface area contributed by atoms with Crippen LogP contribution >= 0.6 is 0 Å². The maximum absolute atomic E-state index is 13.8. The average Bonchev–Trinajstić information content (AvgIpc) is 3.44. The molecule has 0 bridgehead atoms. The summed E-state index contributed by atoms with van der Waals surface area (Å²) in [5, 5.41) is 12.6. The van der Waals surface area contributed by atoms with Gasteiger partial charge in [0.15, 0.2) is 10.6 Å². The Balaban J connectivity index is 1.45. The van der Waals surface area contributed by atoms with Gasteiger partial charge in [-0.3, -0.25) is 14.3 Å². The molecule has 3 aromatic carbocycles. The van der Waals surface area contributed by atoms with Crippen molar-refractivity contribution in [2.45, 2.75) is 36.1 Å². The standard InChI is InChI=1S/C32H31N3O8S2/c1-21(2)29(31(37)38)35-45(41,42)32(17-15-23(16-18-32)22-9-5-3-6-10-22)33-30(36)28-20-24-19-25(13-14-27(24)43-28)34-44(39,40)26-11-7-4-8-12-26/h3-17,19-21,29,34-35H,18H2,1-2H3,(H,33,36)(H,37,38)/t29-,32?/m0/s1. The Hall–Kier alpha value is -4.72. The average molecular weight is 650 g/mol. The number of furan rings is 1. The normalized spacial score (nSPS) is 17.5. The number of fused-ring (bicyclic) bond motifs is 1. The van der Waals surface area contributed by atoms with Crippen LogP contribution in [0.15, 0.2) is 112 Å². The van der Waals surface area contributed by atoms with Crippen molar-refractivity contribution < 1.29 is 35.9 Å². The first-order valence-corrected chi connectivity index (χ1v) is 16.9. The maximum Gasteiger partial charge on any atom is 0.321 e. The lowest BCUT2D eigenvalue weighted by atomic mass is 9.96. The second-order valence-corrected chi connectivity index (χ2v) is 14.5. The number of benzene rings is 3. The molecule has 1 aliphatic carbocycles. The van der Waals surface area contributed by atoms with E-state index in [9.17, 15) is 31.5 Å². The predicted molar refractivity (Wildman–Crippen MR) is 170 cm³/mol. The predicted octanol–water partition coefficient (Wildman–Crippen LogP) is 4.73. The summed E-state index contributed by atoms with van der Waals surface area (Å²) >= 11 is 0. The van der Waals surface area contributed by atoms with Gasteiger partial charge in [-0.1, -0.05) is 74.5 Å². The smallest absolute Gasteiger partial charge is 0.321 e. The third kappa shape index (κ3) is 6.70. The fourth-order valence-electron chi connectivity index (χ4n) is 4.86. The van der Waals surface area contributed by atoms with Gasteiger partial charge in [-0.05, 0) is 59.5 Å². The molecular weight excluding hydrogens is 618 g/mol. The summed E-state index contributed by atoms with van der Waals surface area (Å²) in [6.07, 6.45) is 4.34. The van der Waals surface area contributed by atoms with Crippen molar-refractivity contribution in [3.63, 3.8) is 0 Å². The highest BCUT2D eigenvalue weighted by Gasteiger charge is 2.46. The summed E-state index contributed by atoms with van der Waals surface area (Å²) in [7, 11) is -8.41. The van der Waals surface area contributed by atoms with E-state index in [1.807, 2.05) is 30.3 Å². The Bertz CT molecular complexity index is 2020. The first kappa shape index (κ1) is 31.7. The fourth-order valence-corrected chi connectivity index (χ4v) is 7.62. The van der Waals surface area contributed by atoms with Crippen LogP contribution in [-0.2, 0) is 24.8 Å². The molecule has 1 aliphatic rings. The molecule has 0 fully saturated rings. The number of carbonyl (C=O) groups excluding carboxylic acids is 1. The van der Waals surface area contributed by atoms with Crippen LogP contribution in [0.3, 0.4) is 0 Å². The molecule has 45 heavy (non-hydrogen) atoms. The zero-order chi connectivity index (χ0) is 32.4. The maximum atomic E-state index is 13.8. The molecular formula is C32H31N3O8S2. The molecule has 0 aliphatic heterocycles. The number of hydrogen-bond acceptors (Lipinski definition) is 7. The first-order chi connectivity index (χ1) is 21.3. The Morgan fingerprint density at radius 3 is 2.18 bits per heavy atom. The lowest BCUT2D eigenvalue weighted by molar-refractivity contribution is -0.140. The highest BCUT2D eigenvalue weighted by molar-refractivity contribution is 7.92. The first-order valence-electron chi connectivity index (χ1n) is 13.9. The molecule has 13 heteroatoms. The van der Waals surface area contributed by atoms with Crippen molar-refractivity contribution in [2.75, 3.05) is 4.72 Å². The van der Waals surface area contributed by atoms with Crippen LogP contribution in [0.5, 0.6) is 0 Å². The van der Waals surface area contributed by atoms with E-state index < -0.39 is 48.8 Å². The van der Waals surface area contributed by atoms with E-state index in [2.05, 4.69) is 14.8 Å². The van der Waals surface area contributed by atoms with Crippen molar-refractivity contribution in [2.24, 2.45) is 5.92 Å². The number of carbonyl (C=O) groups is 2. The van der Waals surface area contributed by atoms with E-state index in [1.165, 1.54) is 42.5 Å². The summed E-state index contributed by atoms with van der Waals surface area (Å²) in [4.78, 5) is 23.5. The molecule has 0 radical (unpaired) electrons. The van der Waals surface area contributed by atoms with Crippen LogP contribution in [0.1, 0.15) is 36.4 Å². The molecule has 0 saturated heterocycles. The summed E-state index contributed by atoms with van der Waals surface area (Å²) in [5.41, 5.74) is 2.04. The molecule has 1 aromatic heterocycles. The van der Waals surface area contributed by atoms with Crippen molar-refractivity contribution in [1.82, 2.24) is 10.0 Å². The van der Waals surface area contributed by atoms with Crippen molar-refractivity contribution in [1.29, 1.82) is 0 Å². The van der Waals surface area contributed by atoms with Gasteiger partial charge in [0.1, 0.15) is 11.6 Å². The van der Waals surface area contributed by atoms with E-state index >= 15 is 0 Å². The van der Waals surface area contributed by atoms with E-state index in [4.69, 9.17) is 4.42 Å². The lowest BCUT2D eigenvalue weighted by Gasteiger charge is -2.34. The van der Waals surface area contributed by atoms with Gasteiger partial charge in [-0.15, -0.1) is 0 Å². The van der Waals surface area contributed by atoms with Crippen molar-refractivity contribution in [3.05, 3.63) is 114 Å². The van der Waals surface area contributed by atoms with Gasteiger partial charge < -0.3 is 14.8 Å². The van der Waals surface area contributed by atoms with Crippen molar-refractivity contribution in [3.8, 4) is 0 Å². The number of sulfonamides is 2. The Morgan fingerprint density at radius 1 is 0.911 bits per heavy atom. The molecule has 11 nitrogen and oxygen atoms in total. The van der Waals surface area contributed by atoms with Gasteiger partial charge in [-0.2, -0.15) is 4.72 Å². The van der Waals surface area contributed by atoms with Crippen LogP contribution in [0.4, 0.5) is 5.69 Å². The molecule has 4 N–H and O–H groups in total. The number of allylic oxidation sites excluding steroid dienone is 2. The number of hydrogen-bond donors (Lipinski definition) is 4. The van der Waals surface area contributed by atoms with E-state index in [0.29, 0.717) is 5.39 Å². The van der Waals surface area contributed by atoms with Gasteiger partial charge in [0.2, 0.25) is 10.0 Å². The SMILES string of the molecule is CC(C)[C@H](NS(=O)(=O)C1(NC(=O)c2cc3cc(NS(=O)(=O)c4ccccc4)ccc3o2)C=CC(c2ccccc2)=CC1)C(=O)O. The third-order valence-corrected chi connectivity index (χ3v) is 10.7. The number of rotatable bonds is 11.